The monoisotopic (exact) mass is 294 g/mol. The molecule has 1 fully saturated rings. The number of benzene rings is 1. The summed E-state index contributed by atoms with van der Waals surface area (Å²) in [4.78, 5) is 0. The first-order chi connectivity index (χ1) is 9.60. The molecule has 0 unspecified atom stereocenters. The molecular weight excluding hydrogens is 276 g/mol. The minimum Gasteiger partial charge on any atom is -0.411 e. The van der Waals surface area contributed by atoms with Gasteiger partial charge in [0.15, 0.2) is 0 Å². The van der Waals surface area contributed by atoms with Crippen molar-refractivity contribution in [2.75, 3.05) is 12.3 Å². The number of oxime groups is 1. The fourth-order valence-electron chi connectivity index (χ4n) is 2.63. The molecule has 1 N–H and O–H groups in total. The van der Waals surface area contributed by atoms with Crippen molar-refractivity contribution in [3.05, 3.63) is 35.4 Å². The molecule has 2 aliphatic rings. The Hall–Kier alpha value is -1.40. The van der Waals surface area contributed by atoms with Crippen LogP contribution in [-0.2, 0) is 23.0 Å². The summed E-state index contributed by atoms with van der Waals surface area (Å²) in [5.41, 5.74) is 2.69. The molecule has 0 spiro atoms. The molecule has 108 valence electrons. The normalized spacial score (nSPS) is 20.7. The lowest BCUT2D eigenvalue weighted by Gasteiger charge is -2.28. The molecule has 1 aliphatic heterocycles. The highest BCUT2D eigenvalue weighted by Crippen LogP contribution is 2.31. The van der Waals surface area contributed by atoms with Crippen LogP contribution in [0.1, 0.15) is 24.0 Å². The van der Waals surface area contributed by atoms with Gasteiger partial charge in [-0.1, -0.05) is 29.4 Å². The molecule has 0 atom stereocenters. The summed E-state index contributed by atoms with van der Waals surface area (Å²) in [5, 5.41) is 12.1. The first kappa shape index (κ1) is 13.6. The van der Waals surface area contributed by atoms with E-state index in [1.807, 2.05) is 24.3 Å². The van der Waals surface area contributed by atoms with Crippen molar-refractivity contribution in [2.24, 2.45) is 11.1 Å². The fourth-order valence-corrected chi connectivity index (χ4v) is 4.19. The lowest BCUT2D eigenvalue weighted by molar-refractivity contribution is 0.316. The molecular formula is C14H18N2O3S. The van der Waals surface area contributed by atoms with Crippen LogP contribution in [0, 0.1) is 5.92 Å². The second kappa shape index (κ2) is 5.18. The number of fused-ring (bicyclic) bond motifs is 1. The van der Waals surface area contributed by atoms with Gasteiger partial charge in [-0.3, -0.25) is 0 Å². The molecule has 0 saturated heterocycles. The second-order valence-electron chi connectivity index (χ2n) is 5.47. The SMILES string of the molecule is O=S(=O)(CC(=NO)C1CC1)N1CCc2ccccc2C1. The Morgan fingerprint density at radius 3 is 2.65 bits per heavy atom. The Bertz CT molecular complexity index is 636. The van der Waals surface area contributed by atoms with Crippen LogP contribution < -0.4 is 0 Å². The van der Waals surface area contributed by atoms with Crippen LogP contribution in [0.4, 0.5) is 0 Å². The van der Waals surface area contributed by atoms with E-state index < -0.39 is 10.0 Å². The van der Waals surface area contributed by atoms with E-state index in [1.165, 1.54) is 9.87 Å². The van der Waals surface area contributed by atoms with Crippen LogP contribution in [-0.4, -0.2) is 35.9 Å². The zero-order valence-corrected chi connectivity index (χ0v) is 12.0. The van der Waals surface area contributed by atoms with Crippen molar-refractivity contribution in [1.29, 1.82) is 0 Å². The standard InChI is InChI=1S/C14H18N2O3S/c17-15-14(12-5-6-12)10-20(18,19)16-8-7-11-3-1-2-4-13(11)9-16/h1-4,12,17H,5-10H2. The average molecular weight is 294 g/mol. The zero-order chi connectivity index (χ0) is 14.2. The van der Waals surface area contributed by atoms with Crippen molar-refractivity contribution in [1.82, 2.24) is 4.31 Å². The van der Waals surface area contributed by atoms with Crippen LogP contribution in [0.3, 0.4) is 0 Å². The third kappa shape index (κ3) is 2.71. The molecule has 5 nitrogen and oxygen atoms in total. The van der Waals surface area contributed by atoms with Crippen molar-refractivity contribution in [3.8, 4) is 0 Å². The third-order valence-electron chi connectivity index (χ3n) is 4.00. The van der Waals surface area contributed by atoms with Gasteiger partial charge in [0.25, 0.3) is 0 Å². The van der Waals surface area contributed by atoms with Gasteiger partial charge in [-0.05, 0) is 30.4 Å². The van der Waals surface area contributed by atoms with E-state index in [0.29, 0.717) is 18.8 Å². The summed E-state index contributed by atoms with van der Waals surface area (Å²) < 4.78 is 26.4. The third-order valence-corrected chi connectivity index (χ3v) is 5.76. The van der Waals surface area contributed by atoms with E-state index in [4.69, 9.17) is 5.21 Å². The van der Waals surface area contributed by atoms with Crippen LogP contribution in [0.25, 0.3) is 0 Å². The molecule has 1 aromatic carbocycles. The molecule has 1 heterocycles. The average Bonchev–Trinajstić information content (AvgIpc) is 3.29. The van der Waals surface area contributed by atoms with Crippen molar-refractivity contribution in [2.45, 2.75) is 25.8 Å². The molecule has 0 radical (unpaired) electrons. The van der Waals surface area contributed by atoms with E-state index in [9.17, 15) is 8.42 Å². The number of rotatable bonds is 4. The molecule has 0 amide bonds. The predicted molar refractivity (Wildman–Crippen MR) is 76.3 cm³/mol. The maximum absolute atomic E-state index is 12.4. The minimum atomic E-state index is -3.40. The number of hydrogen-bond acceptors (Lipinski definition) is 4. The molecule has 3 rings (SSSR count). The Morgan fingerprint density at radius 1 is 1.30 bits per heavy atom. The molecule has 0 aromatic heterocycles. The summed E-state index contributed by atoms with van der Waals surface area (Å²) in [7, 11) is -3.40. The second-order valence-corrected chi connectivity index (χ2v) is 7.44. The zero-order valence-electron chi connectivity index (χ0n) is 11.2. The van der Waals surface area contributed by atoms with Gasteiger partial charge in [0.05, 0.1) is 5.71 Å². The molecule has 1 aromatic rings. The van der Waals surface area contributed by atoms with Gasteiger partial charge >= 0.3 is 0 Å². The molecule has 0 bridgehead atoms. The van der Waals surface area contributed by atoms with E-state index in [1.54, 1.807) is 0 Å². The van der Waals surface area contributed by atoms with Gasteiger partial charge in [0, 0.05) is 19.0 Å². The number of hydrogen-bond donors (Lipinski definition) is 1. The highest BCUT2D eigenvalue weighted by Gasteiger charge is 2.34. The van der Waals surface area contributed by atoms with E-state index in [2.05, 4.69) is 5.16 Å². The minimum absolute atomic E-state index is 0.156. The van der Waals surface area contributed by atoms with Crippen molar-refractivity contribution < 1.29 is 13.6 Å². The summed E-state index contributed by atoms with van der Waals surface area (Å²) in [6.07, 6.45) is 2.60. The maximum Gasteiger partial charge on any atom is 0.219 e. The largest absolute Gasteiger partial charge is 0.411 e. The van der Waals surface area contributed by atoms with Gasteiger partial charge in [0.2, 0.25) is 10.0 Å². The maximum atomic E-state index is 12.4. The smallest absolute Gasteiger partial charge is 0.219 e. The first-order valence-corrected chi connectivity index (χ1v) is 8.46. The van der Waals surface area contributed by atoms with Crippen LogP contribution in [0.5, 0.6) is 0 Å². The summed E-state index contributed by atoms with van der Waals surface area (Å²) in [6, 6.07) is 7.93. The number of nitrogens with zero attached hydrogens (tertiary/aromatic N) is 2. The van der Waals surface area contributed by atoms with Crippen LogP contribution in [0.2, 0.25) is 0 Å². The molecule has 1 aliphatic carbocycles. The van der Waals surface area contributed by atoms with Crippen LogP contribution in [0.15, 0.2) is 29.4 Å². The lowest BCUT2D eigenvalue weighted by Crippen LogP contribution is -2.39. The predicted octanol–water partition coefficient (Wildman–Crippen LogP) is 1.61. The molecule has 20 heavy (non-hydrogen) atoms. The summed E-state index contributed by atoms with van der Waals surface area (Å²) >= 11 is 0. The van der Waals surface area contributed by atoms with E-state index in [0.717, 1.165) is 24.8 Å². The van der Waals surface area contributed by atoms with Crippen molar-refractivity contribution >= 4 is 15.7 Å². The van der Waals surface area contributed by atoms with Gasteiger partial charge in [-0.15, -0.1) is 0 Å². The summed E-state index contributed by atoms with van der Waals surface area (Å²) in [6.45, 7) is 0.921. The quantitative estimate of drug-likeness (QED) is 0.521. The number of sulfonamides is 1. The van der Waals surface area contributed by atoms with Gasteiger partial charge in [0.1, 0.15) is 5.75 Å². The topological polar surface area (TPSA) is 70.0 Å². The van der Waals surface area contributed by atoms with E-state index >= 15 is 0 Å². The van der Waals surface area contributed by atoms with Gasteiger partial charge in [-0.2, -0.15) is 4.31 Å². The van der Waals surface area contributed by atoms with Gasteiger partial charge < -0.3 is 5.21 Å². The molecule has 6 heteroatoms. The fraction of sp³-hybridized carbons (Fsp3) is 0.500. The van der Waals surface area contributed by atoms with Gasteiger partial charge in [-0.25, -0.2) is 8.42 Å². The van der Waals surface area contributed by atoms with E-state index in [-0.39, 0.29) is 11.7 Å². The Morgan fingerprint density at radius 2 is 2.00 bits per heavy atom. The highest BCUT2D eigenvalue weighted by molar-refractivity contribution is 7.89. The Balaban J connectivity index is 1.76. The Labute approximate surface area is 119 Å². The highest BCUT2D eigenvalue weighted by atomic mass is 32.2. The lowest BCUT2D eigenvalue weighted by atomic mass is 10.0. The van der Waals surface area contributed by atoms with Crippen LogP contribution >= 0.6 is 0 Å². The van der Waals surface area contributed by atoms with Crippen molar-refractivity contribution in [3.63, 3.8) is 0 Å². The first-order valence-electron chi connectivity index (χ1n) is 6.85. The Kier molecular flexibility index (Phi) is 3.52. The molecule has 1 saturated carbocycles. The summed E-state index contributed by atoms with van der Waals surface area (Å²) in [5.74, 6) is 0.00271.